The van der Waals surface area contributed by atoms with E-state index < -0.39 is 0 Å². The average molecular weight is 264 g/mol. The molecule has 4 heteroatoms. The van der Waals surface area contributed by atoms with Crippen LogP contribution in [0.4, 0.5) is 5.82 Å². The number of carbonyl (C=O) groups is 1. The van der Waals surface area contributed by atoms with Crippen molar-refractivity contribution in [2.24, 2.45) is 5.41 Å². The van der Waals surface area contributed by atoms with Crippen LogP contribution in [-0.4, -0.2) is 24.1 Å². The van der Waals surface area contributed by atoms with Gasteiger partial charge in [0.2, 0.25) is 0 Å². The van der Waals surface area contributed by atoms with E-state index in [1.54, 1.807) is 13.0 Å². The van der Waals surface area contributed by atoms with Crippen LogP contribution in [0.2, 0.25) is 0 Å². The van der Waals surface area contributed by atoms with E-state index in [9.17, 15) is 4.79 Å². The third kappa shape index (κ3) is 5.28. The summed E-state index contributed by atoms with van der Waals surface area (Å²) in [6, 6.07) is 3.58. The Morgan fingerprint density at radius 1 is 1.37 bits per heavy atom. The molecule has 106 valence electrons. The molecule has 0 saturated carbocycles. The lowest BCUT2D eigenvalue weighted by Gasteiger charge is -2.19. The predicted molar refractivity (Wildman–Crippen MR) is 77.5 cm³/mol. The van der Waals surface area contributed by atoms with Crippen LogP contribution < -0.4 is 5.32 Å². The maximum absolute atomic E-state index is 11.8. The van der Waals surface area contributed by atoms with Crippen LogP contribution in [0, 0.1) is 12.3 Å². The zero-order valence-electron chi connectivity index (χ0n) is 12.5. The number of hydrogen-bond acceptors (Lipinski definition) is 4. The molecule has 0 aromatic carbocycles. The molecule has 0 radical (unpaired) electrons. The average Bonchev–Trinajstić information content (AvgIpc) is 2.27. The van der Waals surface area contributed by atoms with Gasteiger partial charge in [0.15, 0.2) is 0 Å². The first-order chi connectivity index (χ1) is 8.83. The lowest BCUT2D eigenvalue weighted by Crippen LogP contribution is -2.16. The van der Waals surface area contributed by atoms with Crippen LogP contribution in [0.5, 0.6) is 0 Å². The largest absolute Gasteiger partial charge is 0.462 e. The minimum atomic E-state index is -0.326. The van der Waals surface area contributed by atoms with E-state index in [2.05, 4.69) is 31.1 Å². The second-order valence-electron chi connectivity index (χ2n) is 5.81. The molecule has 0 atom stereocenters. The van der Waals surface area contributed by atoms with E-state index >= 15 is 0 Å². The number of aryl methyl sites for hydroxylation is 1. The SMILES string of the molecule is CCOC(=O)c1ccc(C)nc1NCCC(C)(C)C. The molecule has 1 N–H and O–H groups in total. The molecule has 1 aromatic heterocycles. The number of pyridine rings is 1. The maximum atomic E-state index is 11.8. The predicted octanol–water partition coefficient (Wildman–Crippen LogP) is 3.41. The van der Waals surface area contributed by atoms with Gasteiger partial charge < -0.3 is 10.1 Å². The number of rotatable bonds is 5. The molecule has 0 aliphatic rings. The van der Waals surface area contributed by atoms with Gasteiger partial charge in [-0.05, 0) is 37.8 Å². The van der Waals surface area contributed by atoms with Gasteiger partial charge in [-0.25, -0.2) is 9.78 Å². The minimum Gasteiger partial charge on any atom is -0.462 e. The van der Waals surface area contributed by atoms with Gasteiger partial charge in [0, 0.05) is 12.2 Å². The van der Waals surface area contributed by atoms with E-state index in [0.29, 0.717) is 18.0 Å². The van der Waals surface area contributed by atoms with Crippen molar-refractivity contribution in [3.05, 3.63) is 23.4 Å². The van der Waals surface area contributed by atoms with Crippen molar-refractivity contribution in [3.8, 4) is 0 Å². The second kappa shape index (κ2) is 6.55. The Balaban J connectivity index is 2.80. The van der Waals surface area contributed by atoms with Crippen molar-refractivity contribution < 1.29 is 9.53 Å². The summed E-state index contributed by atoms with van der Waals surface area (Å²) < 4.78 is 5.04. The number of hydrogen-bond donors (Lipinski definition) is 1. The number of aromatic nitrogens is 1. The first-order valence-corrected chi connectivity index (χ1v) is 6.72. The van der Waals surface area contributed by atoms with Crippen LogP contribution >= 0.6 is 0 Å². The van der Waals surface area contributed by atoms with Crippen LogP contribution in [0.25, 0.3) is 0 Å². The lowest BCUT2D eigenvalue weighted by atomic mass is 9.92. The van der Waals surface area contributed by atoms with Crippen molar-refractivity contribution >= 4 is 11.8 Å². The fourth-order valence-electron chi connectivity index (χ4n) is 1.62. The summed E-state index contributed by atoms with van der Waals surface area (Å²) >= 11 is 0. The summed E-state index contributed by atoms with van der Waals surface area (Å²) in [7, 11) is 0. The highest BCUT2D eigenvalue weighted by Crippen LogP contribution is 2.20. The molecule has 4 nitrogen and oxygen atoms in total. The Morgan fingerprint density at radius 3 is 2.63 bits per heavy atom. The van der Waals surface area contributed by atoms with E-state index in [1.165, 1.54) is 0 Å². The quantitative estimate of drug-likeness (QED) is 0.828. The Kier molecular flexibility index (Phi) is 5.33. The zero-order valence-corrected chi connectivity index (χ0v) is 12.5. The number of nitrogens with zero attached hydrogens (tertiary/aromatic N) is 1. The Morgan fingerprint density at radius 2 is 2.05 bits per heavy atom. The van der Waals surface area contributed by atoms with Gasteiger partial charge in [0.25, 0.3) is 0 Å². The fraction of sp³-hybridized carbons (Fsp3) is 0.600. The Labute approximate surface area is 115 Å². The standard InChI is InChI=1S/C15H24N2O2/c1-6-19-14(18)12-8-7-11(2)17-13(12)16-10-9-15(3,4)5/h7-8H,6,9-10H2,1-5H3,(H,16,17). The van der Waals surface area contributed by atoms with Gasteiger partial charge in [0.1, 0.15) is 11.4 Å². The van der Waals surface area contributed by atoms with Gasteiger partial charge in [0.05, 0.1) is 6.61 Å². The fourth-order valence-corrected chi connectivity index (χ4v) is 1.62. The minimum absolute atomic E-state index is 0.251. The summed E-state index contributed by atoms with van der Waals surface area (Å²) in [6.45, 7) is 11.4. The van der Waals surface area contributed by atoms with Crippen molar-refractivity contribution in [1.82, 2.24) is 4.98 Å². The van der Waals surface area contributed by atoms with Crippen LogP contribution in [0.1, 0.15) is 50.2 Å². The molecule has 0 aliphatic heterocycles. The Hall–Kier alpha value is -1.58. The van der Waals surface area contributed by atoms with Gasteiger partial charge in [-0.3, -0.25) is 0 Å². The van der Waals surface area contributed by atoms with Crippen molar-refractivity contribution in [1.29, 1.82) is 0 Å². The summed E-state index contributed by atoms with van der Waals surface area (Å²) in [4.78, 5) is 16.2. The number of nitrogens with one attached hydrogen (secondary N) is 1. The van der Waals surface area contributed by atoms with Crippen molar-refractivity contribution in [2.75, 3.05) is 18.5 Å². The molecular weight excluding hydrogens is 240 g/mol. The van der Waals surface area contributed by atoms with Gasteiger partial charge >= 0.3 is 5.97 Å². The number of carbonyl (C=O) groups excluding carboxylic acids is 1. The zero-order chi connectivity index (χ0) is 14.5. The van der Waals surface area contributed by atoms with Gasteiger partial charge in [-0.2, -0.15) is 0 Å². The van der Waals surface area contributed by atoms with E-state index in [0.717, 1.165) is 18.7 Å². The highest BCUT2D eigenvalue weighted by molar-refractivity contribution is 5.94. The van der Waals surface area contributed by atoms with Crippen LogP contribution in [0.3, 0.4) is 0 Å². The van der Waals surface area contributed by atoms with Gasteiger partial charge in [-0.1, -0.05) is 20.8 Å². The third-order valence-electron chi connectivity index (χ3n) is 2.70. The molecule has 19 heavy (non-hydrogen) atoms. The van der Waals surface area contributed by atoms with Crippen LogP contribution in [-0.2, 0) is 4.74 Å². The third-order valence-corrected chi connectivity index (χ3v) is 2.70. The highest BCUT2D eigenvalue weighted by atomic mass is 16.5. The topological polar surface area (TPSA) is 51.2 Å². The Bertz CT molecular complexity index is 436. The smallest absolute Gasteiger partial charge is 0.341 e. The second-order valence-corrected chi connectivity index (χ2v) is 5.81. The number of anilines is 1. The van der Waals surface area contributed by atoms with Crippen LogP contribution in [0.15, 0.2) is 12.1 Å². The van der Waals surface area contributed by atoms with E-state index in [4.69, 9.17) is 4.74 Å². The summed E-state index contributed by atoms with van der Waals surface area (Å²) in [5, 5.41) is 3.24. The summed E-state index contributed by atoms with van der Waals surface area (Å²) in [5.74, 6) is 0.288. The van der Waals surface area contributed by atoms with E-state index in [1.807, 2.05) is 13.0 Å². The van der Waals surface area contributed by atoms with Crippen molar-refractivity contribution in [3.63, 3.8) is 0 Å². The monoisotopic (exact) mass is 264 g/mol. The number of esters is 1. The molecule has 0 aliphatic carbocycles. The molecule has 1 rings (SSSR count). The maximum Gasteiger partial charge on any atom is 0.341 e. The molecule has 0 bridgehead atoms. The molecule has 0 fully saturated rings. The van der Waals surface area contributed by atoms with Gasteiger partial charge in [-0.15, -0.1) is 0 Å². The summed E-state index contributed by atoms with van der Waals surface area (Å²) in [5.41, 5.74) is 1.63. The first-order valence-electron chi connectivity index (χ1n) is 6.72. The summed E-state index contributed by atoms with van der Waals surface area (Å²) in [6.07, 6.45) is 1.00. The molecule has 0 spiro atoms. The highest BCUT2D eigenvalue weighted by Gasteiger charge is 2.15. The number of ether oxygens (including phenoxy) is 1. The molecule has 0 amide bonds. The molecular formula is C15H24N2O2. The normalized spacial score (nSPS) is 11.2. The molecule has 0 unspecified atom stereocenters. The van der Waals surface area contributed by atoms with Crippen molar-refractivity contribution in [2.45, 2.75) is 41.0 Å². The van der Waals surface area contributed by atoms with E-state index in [-0.39, 0.29) is 11.4 Å². The molecule has 0 saturated heterocycles. The first kappa shape index (κ1) is 15.5. The lowest BCUT2D eigenvalue weighted by molar-refractivity contribution is 0.0527. The molecule has 1 aromatic rings. The molecule has 1 heterocycles.